The van der Waals surface area contributed by atoms with Crippen molar-refractivity contribution >= 4 is 5.91 Å². The first kappa shape index (κ1) is 15.5. The third kappa shape index (κ3) is 3.98. The third-order valence-electron chi connectivity index (χ3n) is 3.45. The van der Waals surface area contributed by atoms with Crippen LogP contribution in [-0.2, 0) is 6.18 Å². The zero-order valence-corrected chi connectivity index (χ0v) is 11.3. The van der Waals surface area contributed by atoms with Gasteiger partial charge in [0.05, 0.1) is 5.56 Å². The number of nitrogens with one attached hydrogen (secondary N) is 1. The average Bonchev–Trinajstić information content (AvgIpc) is 2.37. The van der Waals surface area contributed by atoms with Crippen LogP contribution in [0.3, 0.4) is 0 Å². The zero-order valence-electron chi connectivity index (χ0n) is 11.3. The number of carbonyl (C=O) groups is 1. The Morgan fingerprint density at radius 2 is 1.58 bits per heavy atom. The Kier molecular flexibility index (Phi) is 4.61. The highest BCUT2D eigenvalue weighted by Gasteiger charge is 2.30. The molecule has 0 radical (unpaired) electrons. The largest absolute Gasteiger partial charge is 0.416 e. The van der Waals surface area contributed by atoms with Crippen molar-refractivity contribution in [3.63, 3.8) is 0 Å². The highest BCUT2D eigenvalue weighted by molar-refractivity contribution is 5.94. The first-order valence-electron chi connectivity index (χ1n) is 6.21. The number of rotatable bonds is 4. The van der Waals surface area contributed by atoms with Crippen molar-refractivity contribution in [1.82, 2.24) is 5.32 Å². The van der Waals surface area contributed by atoms with E-state index in [1.54, 1.807) is 0 Å². The number of carbonyl (C=O) groups excluding carboxylic acids is 1. The van der Waals surface area contributed by atoms with Crippen LogP contribution in [0.1, 0.15) is 49.5 Å². The lowest BCUT2D eigenvalue weighted by molar-refractivity contribution is -0.137. The number of alkyl halides is 3. The molecule has 1 amide bonds. The number of amides is 1. The summed E-state index contributed by atoms with van der Waals surface area (Å²) >= 11 is 0. The second-order valence-corrected chi connectivity index (χ2v) is 4.80. The van der Waals surface area contributed by atoms with Gasteiger partial charge < -0.3 is 5.32 Å². The van der Waals surface area contributed by atoms with Crippen LogP contribution in [0.2, 0.25) is 0 Å². The van der Waals surface area contributed by atoms with E-state index in [9.17, 15) is 18.0 Å². The van der Waals surface area contributed by atoms with Gasteiger partial charge in [-0.2, -0.15) is 13.2 Å². The maximum Gasteiger partial charge on any atom is 0.416 e. The van der Waals surface area contributed by atoms with Gasteiger partial charge in [0.1, 0.15) is 0 Å². The normalized spacial score (nSPS) is 12.3. The Balaban J connectivity index is 2.85. The van der Waals surface area contributed by atoms with Gasteiger partial charge in [0.25, 0.3) is 5.91 Å². The van der Waals surface area contributed by atoms with Crippen LogP contribution in [0.25, 0.3) is 0 Å². The number of hydrogen-bond donors (Lipinski definition) is 1. The lowest BCUT2D eigenvalue weighted by Gasteiger charge is -2.28. The lowest BCUT2D eigenvalue weighted by atomic mass is 9.95. The van der Waals surface area contributed by atoms with E-state index in [-0.39, 0.29) is 17.0 Å². The van der Waals surface area contributed by atoms with Crippen molar-refractivity contribution < 1.29 is 18.0 Å². The average molecular weight is 273 g/mol. The molecule has 0 aromatic heterocycles. The number of hydrogen-bond acceptors (Lipinski definition) is 1. The van der Waals surface area contributed by atoms with Gasteiger partial charge in [0.15, 0.2) is 0 Å². The van der Waals surface area contributed by atoms with Gasteiger partial charge in [0.2, 0.25) is 0 Å². The molecule has 0 atom stereocenters. The summed E-state index contributed by atoms with van der Waals surface area (Å²) < 4.78 is 37.2. The standard InChI is InChI=1S/C14H18F3NO/c1-4-13(3,5-2)18-12(19)10-6-8-11(9-7-10)14(15,16)17/h6-9H,4-5H2,1-3H3,(H,18,19). The Hall–Kier alpha value is -1.52. The number of halogens is 3. The molecule has 0 saturated heterocycles. The molecule has 0 spiro atoms. The predicted molar refractivity (Wildman–Crippen MR) is 67.9 cm³/mol. The summed E-state index contributed by atoms with van der Waals surface area (Å²) in [6.07, 6.45) is -2.86. The van der Waals surface area contributed by atoms with Crippen LogP contribution in [0.4, 0.5) is 13.2 Å². The van der Waals surface area contributed by atoms with Crippen LogP contribution in [0.5, 0.6) is 0 Å². The van der Waals surface area contributed by atoms with Gasteiger partial charge in [-0.1, -0.05) is 13.8 Å². The lowest BCUT2D eigenvalue weighted by Crippen LogP contribution is -2.44. The van der Waals surface area contributed by atoms with Crippen molar-refractivity contribution in [1.29, 1.82) is 0 Å². The summed E-state index contributed by atoms with van der Waals surface area (Å²) in [5.74, 6) is -0.347. The minimum absolute atomic E-state index is 0.237. The SMILES string of the molecule is CCC(C)(CC)NC(=O)c1ccc(C(F)(F)F)cc1. The molecule has 106 valence electrons. The van der Waals surface area contributed by atoms with Gasteiger partial charge in [-0.15, -0.1) is 0 Å². The monoisotopic (exact) mass is 273 g/mol. The molecule has 0 aliphatic heterocycles. The van der Waals surface area contributed by atoms with Gasteiger partial charge >= 0.3 is 6.18 Å². The molecule has 0 aliphatic carbocycles. The Labute approximate surface area is 111 Å². The van der Waals surface area contributed by atoms with Crippen LogP contribution in [0.15, 0.2) is 24.3 Å². The zero-order chi connectivity index (χ0) is 14.7. The first-order chi connectivity index (χ1) is 8.72. The van der Waals surface area contributed by atoms with E-state index < -0.39 is 11.7 Å². The summed E-state index contributed by atoms with van der Waals surface area (Å²) in [4.78, 5) is 11.9. The minimum atomic E-state index is -4.38. The molecule has 1 N–H and O–H groups in total. The third-order valence-corrected chi connectivity index (χ3v) is 3.45. The molecule has 1 aromatic rings. The highest BCUT2D eigenvalue weighted by atomic mass is 19.4. The quantitative estimate of drug-likeness (QED) is 0.882. The Morgan fingerprint density at radius 1 is 1.11 bits per heavy atom. The van der Waals surface area contributed by atoms with E-state index in [1.807, 2.05) is 20.8 Å². The van der Waals surface area contributed by atoms with E-state index in [4.69, 9.17) is 0 Å². The van der Waals surface area contributed by atoms with Gasteiger partial charge in [0, 0.05) is 11.1 Å². The fraction of sp³-hybridized carbons (Fsp3) is 0.500. The maximum absolute atomic E-state index is 12.4. The van der Waals surface area contributed by atoms with Crippen LogP contribution in [0, 0.1) is 0 Å². The second-order valence-electron chi connectivity index (χ2n) is 4.80. The first-order valence-corrected chi connectivity index (χ1v) is 6.21. The van der Waals surface area contributed by atoms with E-state index in [1.165, 1.54) is 12.1 Å². The highest BCUT2D eigenvalue weighted by Crippen LogP contribution is 2.29. The van der Waals surface area contributed by atoms with Crippen molar-refractivity contribution in [3.8, 4) is 0 Å². The molecular weight excluding hydrogens is 255 g/mol. The van der Waals surface area contributed by atoms with E-state index >= 15 is 0 Å². The molecule has 0 fully saturated rings. The van der Waals surface area contributed by atoms with Crippen molar-refractivity contribution in [2.24, 2.45) is 0 Å². The Morgan fingerprint density at radius 3 is 1.95 bits per heavy atom. The van der Waals surface area contributed by atoms with Crippen molar-refractivity contribution in [2.45, 2.75) is 45.3 Å². The van der Waals surface area contributed by atoms with Crippen LogP contribution >= 0.6 is 0 Å². The van der Waals surface area contributed by atoms with Gasteiger partial charge in [-0.05, 0) is 44.0 Å². The molecule has 1 aromatic carbocycles. The predicted octanol–water partition coefficient (Wildman–Crippen LogP) is 4.01. The molecule has 2 nitrogen and oxygen atoms in total. The topological polar surface area (TPSA) is 29.1 Å². The van der Waals surface area contributed by atoms with Crippen LogP contribution < -0.4 is 5.32 Å². The van der Waals surface area contributed by atoms with E-state index in [0.717, 1.165) is 25.0 Å². The molecule has 1 rings (SSSR count). The fourth-order valence-electron chi connectivity index (χ4n) is 1.58. The summed E-state index contributed by atoms with van der Waals surface area (Å²) in [5, 5.41) is 2.85. The molecule has 0 saturated carbocycles. The molecule has 0 heterocycles. The molecule has 0 unspecified atom stereocenters. The maximum atomic E-state index is 12.4. The summed E-state index contributed by atoms with van der Waals surface area (Å²) in [5.41, 5.74) is -0.848. The van der Waals surface area contributed by atoms with Gasteiger partial charge in [-0.3, -0.25) is 4.79 Å². The van der Waals surface area contributed by atoms with Crippen LogP contribution in [-0.4, -0.2) is 11.4 Å². The second kappa shape index (κ2) is 5.63. The van der Waals surface area contributed by atoms with E-state index in [0.29, 0.717) is 0 Å². The molecule has 0 bridgehead atoms. The summed E-state index contributed by atoms with van der Waals surface area (Å²) in [6, 6.07) is 4.24. The fourth-order valence-corrected chi connectivity index (χ4v) is 1.58. The van der Waals surface area contributed by atoms with E-state index in [2.05, 4.69) is 5.32 Å². The van der Waals surface area contributed by atoms with Gasteiger partial charge in [-0.25, -0.2) is 0 Å². The smallest absolute Gasteiger partial charge is 0.347 e. The summed E-state index contributed by atoms with van der Waals surface area (Å²) in [6.45, 7) is 5.82. The van der Waals surface area contributed by atoms with Crippen molar-refractivity contribution in [3.05, 3.63) is 35.4 Å². The number of benzene rings is 1. The summed E-state index contributed by atoms with van der Waals surface area (Å²) in [7, 11) is 0. The molecule has 5 heteroatoms. The molecule has 0 aliphatic rings. The molecule has 19 heavy (non-hydrogen) atoms. The minimum Gasteiger partial charge on any atom is -0.347 e. The Bertz CT molecular complexity index is 433. The van der Waals surface area contributed by atoms with Crippen molar-refractivity contribution in [2.75, 3.05) is 0 Å². The molecular formula is C14H18F3NO.